The third kappa shape index (κ3) is 2.49. The van der Waals surface area contributed by atoms with Crippen LogP contribution in [0.5, 0.6) is 5.75 Å². The number of carbonyl (C=O) groups is 3. The number of phenolic OH excluding ortho intramolecular Hbond substituents is 1. The Morgan fingerprint density at radius 2 is 1.94 bits per heavy atom. The number of amides is 1. The van der Waals surface area contributed by atoms with Gasteiger partial charge in [0, 0.05) is 5.57 Å². The first kappa shape index (κ1) is 20.3. The molecular weight excluding hydrogens is 416 g/mol. The lowest BCUT2D eigenvalue weighted by atomic mass is 9.59. The average molecular weight is 438 g/mol. The SMILES string of the molecule is CN(C)[C@@H]1C(O)=C(C(N)=O)C(=O)C2C(=O)C3=C(O)c4c(cc5[nH]cnc5c4O)C[C@H]3C[C@H]21. The highest BCUT2D eigenvalue weighted by atomic mass is 16.3. The number of aromatic amines is 1. The number of imidazole rings is 1. The first-order valence-corrected chi connectivity index (χ1v) is 10.2. The summed E-state index contributed by atoms with van der Waals surface area (Å²) in [5, 5.41) is 32.5. The van der Waals surface area contributed by atoms with E-state index in [2.05, 4.69) is 9.97 Å². The van der Waals surface area contributed by atoms with E-state index >= 15 is 0 Å². The van der Waals surface area contributed by atoms with E-state index in [0.717, 1.165) is 0 Å². The van der Waals surface area contributed by atoms with Crippen LogP contribution in [0.2, 0.25) is 0 Å². The molecule has 1 unspecified atom stereocenters. The normalized spacial score (nSPS) is 27.6. The summed E-state index contributed by atoms with van der Waals surface area (Å²) >= 11 is 0. The van der Waals surface area contributed by atoms with E-state index in [4.69, 9.17) is 5.73 Å². The quantitative estimate of drug-likeness (QED) is 0.337. The minimum Gasteiger partial charge on any atom is -0.510 e. The number of hydrogen-bond acceptors (Lipinski definition) is 8. The van der Waals surface area contributed by atoms with Crippen LogP contribution >= 0.6 is 0 Å². The van der Waals surface area contributed by atoms with Crippen molar-refractivity contribution in [1.29, 1.82) is 0 Å². The van der Waals surface area contributed by atoms with E-state index in [1.54, 1.807) is 25.1 Å². The van der Waals surface area contributed by atoms with Crippen LogP contribution in [0.4, 0.5) is 0 Å². The highest BCUT2D eigenvalue weighted by Gasteiger charge is 2.55. The third-order valence-corrected chi connectivity index (χ3v) is 6.94. The number of carbonyl (C=O) groups excluding carboxylic acids is 3. The molecule has 1 heterocycles. The van der Waals surface area contributed by atoms with Gasteiger partial charge in [-0.15, -0.1) is 0 Å². The molecule has 0 radical (unpaired) electrons. The van der Waals surface area contributed by atoms with Gasteiger partial charge in [-0.25, -0.2) is 4.98 Å². The number of hydrogen-bond donors (Lipinski definition) is 5. The fraction of sp³-hybridized carbons (Fsp3) is 0.364. The summed E-state index contributed by atoms with van der Waals surface area (Å²) < 4.78 is 0. The van der Waals surface area contributed by atoms with E-state index < -0.39 is 52.6 Å². The zero-order valence-corrected chi connectivity index (χ0v) is 17.4. The van der Waals surface area contributed by atoms with Gasteiger partial charge in [-0.1, -0.05) is 0 Å². The second-order valence-electron chi connectivity index (χ2n) is 8.86. The maximum Gasteiger partial charge on any atom is 0.255 e. The van der Waals surface area contributed by atoms with Crippen LogP contribution in [-0.4, -0.2) is 67.8 Å². The van der Waals surface area contributed by atoms with Crippen molar-refractivity contribution in [1.82, 2.24) is 14.9 Å². The Labute approximate surface area is 182 Å². The van der Waals surface area contributed by atoms with Crippen molar-refractivity contribution in [3.8, 4) is 5.75 Å². The zero-order chi connectivity index (χ0) is 23.1. The standard InChI is InChI=1S/C22H22N4O6/c1-26(2)16-9-4-7-3-8-5-10-15(25-6-24-10)20(30)12(8)17(27)11(7)18(28)13(9)19(29)14(21(16)31)22(23)32/h5-7,9,13,16,27,30-31H,3-4H2,1-2H3,(H2,23,32)(H,24,25)/t7-,9+,13?,16-/m0/s1. The fourth-order valence-electron chi connectivity index (χ4n) is 5.72. The predicted molar refractivity (Wildman–Crippen MR) is 112 cm³/mol. The van der Waals surface area contributed by atoms with E-state index in [1.807, 2.05) is 0 Å². The number of H-pyrrole nitrogens is 1. The molecule has 1 saturated carbocycles. The fourth-order valence-corrected chi connectivity index (χ4v) is 5.72. The van der Waals surface area contributed by atoms with Crippen LogP contribution in [0.15, 0.2) is 29.3 Å². The number of nitrogens with zero attached hydrogens (tertiary/aromatic N) is 2. The Morgan fingerprint density at radius 3 is 2.59 bits per heavy atom. The number of allylic oxidation sites excluding steroid dienone is 1. The number of phenols is 1. The first-order chi connectivity index (χ1) is 15.1. The Morgan fingerprint density at radius 1 is 1.22 bits per heavy atom. The highest BCUT2D eigenvalue weighted by Crippen LogP contribution is 2.50. The number of aromatic hydroxyl groups is 1. The van der Waals surface area contributed by atoms with Gasteiger partial charge in [0.1, 0.15) is 22.6 Å². The maximum absolute atomic E-state index is 13.6. The van der Waals surface area contributed by atoms with Crippen LogP contribution in [-0.2, 0) is 20.8 Å². The number of rotatable bonds is 2. The van der Waals surface area contributed by atoms with Crippen molar-refractivity contribution in [3.05, 3.63) is 40.4 Å². The Kier molecular flexibility index (Phi) is 4.22. The second kappa shape index (κ2) is 6.67. The number of nitrogens with one attached hydrogen (secondary N) is 1. The summed E-state index contributed by atoms with van der Waals surface area (Å²) in [6.07, 6.45) is 2.10. The molecule has 2 aromatic rings. The van der Waals surface area contributed by atoms with E-state index in [-0.39, 0.29) is 28.2 Å². The molecule has 3 aliphatic carbocycles. The molecule has 6 N–H and O–H groups in total. The molecule has 0 aliphatic heterocycles. The molecule has 0 bridgehead atoms. The molecule has 1 aromatic carbocycles. The highest BCUT2D eigenvalue weighted by molar-refractivity contribution is 6.28. The first-order valence-electron chi connectivity index (χ1n) is 10.2. The van der Waals surface area contributed by atoms with E-state index in [0.29, 0.717) is 23.9 Å². The van der Waals surface area contributed by atoms with Crippen LogP contribution < -0.4 is 5.73 Å². The molecule has 10 heteroatoms. The van der Waals surface area contributed by atoms with Gasteiger partial charge in [-0.3, -0.25) is 19.3 Å². The largest absolute Gasteiger partial charge is 0.510 e. The predicted octanol–water partition coefficient (Wildman–Crippen LogP) is 0.725. The van der Waals surface area contributed by atoms with E-state index in [9.17, 15) is 29.7 Å². The van der Waals surface area contributed by atoms with Gasteiger partial charge in [-0.2, -0.15) is 0 Å². The van der Waals surface area contributed by atoms with Gasteiger partial charge >= 0.3 is 0 Å². The summed E-state index contributed by atoms with van der Waals surface area (Å²) in [4.78, 5) is 47.2. The minimum atomic E-state index is -1.26. The van der Waals surface area contributed by atoms with Gasteiger partial charge in [0.05, 0.1) is 29.4 Å². The summed E-state index contributed by atoms with van der Waals surface area (Å²) in [6, 6.07) is 1.02. The van der Waals surface area contributed by atoms with Crippen molar-refractivity contribution in [2.24, 2.45) is 23.5 Å². The molecule has 1 fully saturated rings. The van der Waals surface area contributed by atoms with Crippen molar-refractivity contribution in [2.45, 2.75) is 18.9 Å². The third-order valence-electron chi connectivity index (χ3n) is 6.94. The number of aliphatic hydroxyl groups excluding tert-OH is 2. The number of primary amides is 1. The number of aliphatic hydroxyl groups is 2. The topological polar surface area (TPSA) is 170 Å². The molecule has 5 rings (SSSR count). The molecule has 4 atom stereocenters. The molecule has 0 saturated heterocycles. The number of nitrogens with two attached hydrogens (primary N) is 1. The summed E-state index contributed by atoms with van der Waals surface area (Å²) in [5.74, 6) is -5.87. The number of likely N-dealkylation sites (N-methyl/N-ethyl adjacent to an activating group) is 1. The van der Waals surface area contributed by atoms with Gasteiger partial charge in [0.25, 0.3) is 5.91 Å². The monoisotopic (exact) mass is 438 g/mol. The van der Waals surface area contributed by atoms with Gasteiger partial charge < -0.3 is 26.0 Å². The Bertz CT molecular complexity index is 1290. The minimum absolute atomic E-state index is 0.0556. The number of fused-ring (bicyclic) bond motifs is 4. The number of Topliss-reactive ketones (excluding diaryl/α,β-unsaturated/α-hetero) is 2. The summed E-state index contributed by atoms with van der Waals surface area (Å²) in [7, 11) is 3.37. The summed E-state index contributed by atoms with van der Waals surface area (Å²) in [5.41, 5.74) is 6.48. The Balaban J connectivity index is 1.70. The molecule has 3 aliphatic rings. The molecule has 1 amide bonds. The van der Waals surface area contributed by atoms with Crippen LogP contribution in [0.1, 0.15) is 17.5 Å². The molecule has 10 nitrogen and oxygen atoms in total. The number of ketones is 2. The molecule has 166 valence electrons. The molecular formula is C22H22N4O6. The average Bonchev–Trinajstić information content (AvgIpc) is 3.15. The van der Waals surface area contributed by atoms with Crippen molar-refractivity contribution < 1.29 is 29.7 Å². The van der Waals surface area contributed by atoms with Crippen molar-refractivity contribution in [3.63, 3.8) is 0 Å². The maximum atomic E-state index is 13.6. The molecule has 0 spiro atoms. The smallest absolute Gasteiger partial charge is 0.255 e. The van der Waals surface area contributed by atoms with E-state index in [1.165, 1.54) is 6.33 Å². The summed E-state index contributed by atoms with van der Waals surface area (Å²) in [6.45, 7) is 0. The lowest BCUT2D eigenvalue weighted by Gasteiger charge is -2.46. The van der Waals surface area contributed by atoms with Crippen molar-refractivity contribution >= 4 is 34.3 Å². The number of benzene rings is 1. The molecule has 1 aromatic heterocycles. The Hall–Kier alpha value is -3.66. The van der Waals surface area contributed by atoms with Crippen LogP contribution in [0.25, 0.3) is 16.8 Å². The molecule has 32 heavy (non-hydrogen) atoms. The van der Waals surface area contributed by atoms with Crippen LogP contribution in [0, 0.1) is 17.8 Å². The van der Waals surface area contributed by atoms with Gasteiger partial charge in [0.2, 0.25) is 0 Å². The lowest BCUT2D eigenvalue weighted by Crippen LogP contribution is -2.55. The number of aromatic nitrogens is 2. The second-order valence-corrected chi connectivity index (χ2v) is 8.86. The van der Waals surface area contributed by atoms with Gasteiger partial charge in [-0.05, 0) is 50.4 Å². The lowest BCUT2D eigenvalue weighted by molar-refractivity contribution is -0.136. The zero-order valence-electron chi connectivity index (χ0n) is 17.4. The van der Waals surface area contributed by atoms with Gasteiger partial charge in [0.15, 0.2) is 17.3 Å². The van der Waals surface area contributed by atoms with Crippen molar-refractivity contribution in [2.75, 3.05) is 14.1 Å². The van der Waals surface area contributed by atoms with Crippen LogP contribution in [0.3, 0.4) is 0 Å².